The number of hydrogen-bond donors (Lipinski definition) is 2. The molecule has 1 aromatic rings. The molecule has 0 aliphatic carbocycles. The third-order valence-electron chi connectivity index (χ3n) is 2.24. The van der Waals surface area contributed by atoms with Crippen molar-refractivity contribution in [2.45, 2.75) is 38.4 Å². The van der Waals surface area contributed by atoms with Gasteiger partial charge >= 0.3 is 12.1 Å². The summed E-state index contributed by atoms with van der Waals surface area (Å²) in [6, 6.07) is -0.905. The van der Waals surface area contributed by atoms with E-state index in [4.69, 9.17) is 5.11 Å². The van der Waals surface area contributed by atoms with E-state index >= 15 is 0 Å². The van der Waals surface area contributed by atoms with Crippen molar-refractivity contribution in [2.75, 3.05) is 5.32 Å². The summed E-state index contributed by atoms with van der Waals surface area (Å²) in [4.78, 5) is 14.2. The van der Waals surface area contributed by atoms with Gasteiger partial charge in [0.25, 0.3) is 0 Å². The van der Waals surface area contributed by atoms with Gasteiger partial charge in [-0.3, -0.25) is 0 Å². The number of carboxylic acids is 1. The molecular weight excluding hydrogens is 269 g/mol. The first-order valence-electron chi connectivity index (χ1n) is 5.36. The number of aromatic nitrogens is 1. The maximum atomic E-state index is 12.3. The molecule has 1 atom stereocenters. The third-order valence-corrected chi connectivity index (χ3v) is 3.01. The summed E-state index contributed by atoms with van der Waals surface area (Å²) in [5.41, 5.74) is -1.00. The molecule has 1 aromatic heterocycles. The molecule has 0 aliphatic heterocycles. The van der Waals surface area contributed by atoms with Gasteiger partial charge in [-0.25, -0.2) is 9.78 Å². The van der Waals surface area contributed by atoms with Crippen LogP contribution in [0.5, 0.6) is 0 Å². The fraction of sp³-hybridized carbons (Fsp3) is 0.600. The number of alkyl halides is 3. The summed E-state index contributed by atoms with van der Waals surface area (Å²) in [5, 5.41) is 12.3. The van der Waals surface area contributed by atoms with Gasteiger partial charge in [0.05, 0.1) is 0 Å². The zero-order valence-electron chi connectivity index (χ0n) is 9.62. The molecule has 0 aliphatic rings. The molecule has 18 heavy (non-hydrogen) atoms. The van der Waals surface area contributed by atoms with Crippen molar-refractivity contribution in [2.24, 2.45) is 0 Å². The van der Waals surface area contributed by atoms with Crippen LogP contribution in [0.25, 0.3) is 0 Å². The first kappa shape index (κ1) is 14.7. The third kappa shape index (κ3) is 4.17. The molecule has 0 spiro atoms. The van der Waals surface area contributed by atoms with Crippen molar-refractivity contribution >= 4 is 22.4 Å². The van der Waals surface area contributed by atoms with Crippen LogP contribution in [0.15, 0.2) is 5.38 Å². The predicted molar refractivity (Wildman–Crippen MR) is 61.7 cm³/mol. The van der Waals surface area contributed by atoms with Crippen LogP contribution in [0.4, 0.5) is 18.3 Å². The molecule has 0 saturated heterocycles. The molecule has 0 amide bonds. The Morgan fingerprint density at radius 1 is 1.61 bits per heavy atom. The highest BCUT2D eigenvalue weighted by Gasteiger charge is 2.34. The molecule has 1 rings (SSSR count). The quantitative estimate of drug-likeness (QED) is 0.841. The lowest BCUT2D eigenvalue weighted by atomic mass is 10.1. The number of anilines is 1. The van der Waals surface area contributed by atoms with Crippen LogP contribution in [-0.4, -0.2) is 22.1 Å². The van der Waals surface area contributed by atoms with E-state index in [9.17, 15) is 18.0 Å². The number of carbonyl (C=O) groups is 1. The number of aliphatic carboxylic acids is 1. The second-order valence-electron chi connectivity index (χ2n) is 3.71. The van der Waals surface area contributed by atoms with Gasteiger partial charge in [-0.1, -0.05) is 19.8 Å². The lowest BCUT2D eigenvalue weighted by Gasteiger charge is -2.12. The largest absolute Gasteiger partial charge is 0.480 e. The lowest BCUT2D eigenvalue weighted by Crippen LogP contribution is -2.29. The summed E-state index contributed by atoms with van der Waals surface area (Å²) in [5.74, 6) is -1.09. The summed E-state index contributed by atoms with van der Waals surface area (Å²) < 4.78 is 36.9. The average Bonchev–Trinajstić information content (AvgIpc) is 2.71. The van der Waals surface area contributed by atoms with Gasteiger partial charge in [-0.15, -0.1) is 11.3 Å². The molecule has 0 saturated carbocycles. The summed E-state index contributed by atoms with van der Waals surface area (Å²) in [6.07, 6.45) is -2.65. The maximum absolute atomic E-state index is 12.3. The predicted octanol–water partition coefficient (Wildman–Crippen LogP) is 3.22. The minimum atomic E-state index is -4.50. The van der Waals surface area contributed by atoms with Crippen molar-refractivity contribution in [3.8, 4) is 0 Å². The summed E-state index contributed by atoms with van der Waals surface area (Å²) >= 11 is 0.750. The van der Waals surface area contributed by atoms with E-state index in [1.165, 1.54) is 0 Å². The zero-order chi connectivity index (χ0) is 13.8. The summed E-state index contributed by atoms with van der Waals surface area (Å²) in [6.45, 7) is 1.91. The Bertz CT molecular complexity index is 406. The van der Waals surface area contributed by atoms with E-state index in [1.807, 2.05) is 6.92 Å². The average molecular weight is 282 g/mol. The first-order valence-corrected chi connectivity index (χ1v) is 6.24. The minimum absolute atomic E-state index is 0.0224. The normalized spacial score (nSPS) is 13.3. The van der Waals surface area contributed by atoms with E-state index in [-0.39, 0.29) is 5.13 Å². The smallest absolute Gasteiger partial charge is 0.434 e. The van der Waals surface area contributed by atoms with E-state index in [0.29, 0.717) is 12.8 Å². The Hall–Kier alpha value is -1.31. The van der Waals surface area contributed by atoms with Crippen LogP contribution >= 0.6 is 11.3 Å². The number of unbranched alkanes of at least 4 members (excludes halogenated alkanes) is 1. The fourth-order valence-corrected chi connectivity index (χ4v) is 2.06. The molecule has 1 unspecified atom stereocenters. The molecular formula is C10H13F3N2O2S. The van der Waals surface area contributed by atoms with E-state index in [0.717, 1.165) is 23.1 Å². The summed E-state index contributed by atoms with van der Waals surface area (Å²) in [7, 11) is 0. The van der Waals surface area contributed by atoms with Crippen molar-refractivity contribution in [3.05, 3.63) is 11.1 Å². The minimum Gasteiger partial charge on any atom is -0.480 e. The van der Waals surface area contributed by atoms with Gasteiger partial charge in [-0.2, -0.15) is 13.2 Å². The molecule has 2 N–H and O–H groups in total. The van der Waals surface area contributed by atoms with E-state index < -0.39 is 23.9 Å². The highest BCUT2D eigenvalue weighted by Crippen LogP contribution is 2.31. The Balaban J connectivity index is 2.69. The van der Waals surface area contributed by atoms with Crippen molar-refractivity contribution in [1.29, 1.82) is 0 Å². The van der Waals surface area contributed by atoms with Crippen LogP contribution in [0, 0.1) is 0 Å². The Morgan fingerprint density at radius 3 is 2.72 bits per heavy atom. The SMILES string of the molecule is CCCCC(Nc1nc(C(F)(F)F)cs1)C(=O)O. The van der Waals surface area contributed by atoms with Crippen molar-refractivity contribution in [1.82, 2.24) is 4.98 Å². The molecule has 8 heteroatoms. The Kier molecular flexibility index (Phi) is 4.94. The maximum Gasteiger partial charge on any atom is 0.434 e. The second-order valence-corrected chi connectivity index (χ2v) is 4.57. The molecule has 102 valence electrons. The number of nitrogens with zero attached hydrogens (tertiary/aromatic N) is 1. The van der Waals surface area contributed by atoms with Gasteiger partial charge in [0.1, 0.15) is 6.04 Å². The molecule has 0 bridgehead atoms. The Morgan fingerprint density at radius 2 is 2.28 bits per heavy atom. The highest BCUT2D eigenvalue weighted by molar-refractivity contribution is 7.13. The topological polar surface area (TPSA) is 62.2 Å². The van der Waals surface area contributed by atoms with Crippen LogP contribution in [0.1, 0.15) is 31.9 Å². The first-order chi connectivity index (χ1) is 8.34. The van der Waals surface area contributed by atoms with Crippen LogP contribution in [0.3, 0.4) is 0 Å². The number of carboxylic acid groups (broad SMARTS) is 1. The van der Waals surface area contributed by atoms with Crippen molar-refractivity contribution < 1.29 is 23.1 Å². The standard InChI is InChI=1S/C10H13F3N2O2S/c1-2-3-4-6(8(16)17)14-9-15-7(5-18-9)10(11,12)13/h5-6H,2-4H2,1H3,(H,14,15)(H,16,17). The van der Waals surface area contributed by atoms with Gasteiger partial charge in [0, 0.05) is 5.38 Å². The number of rotatable bonds is 6. The van der Waals surface area contributed by atoms with E-state index in [2.05, 4.69) is 10.3 Å². The molecule has 1 heterocycles. The monoisotopic (exact) mass is 282 g/mol. The number of nitrogens with one attached hydrogen (secondary N) is 1. The van der Waals surface area contributed by atoms with Crippen LogP contribution < -0.4 is 5.32 Å². The van der Waals surface area contributed by atoms with Gasteiger partial charge in [-0.05, 0) is 6.42 Å². The van der Waals surface area contributed by atoms with Gasteiger partial charge in [0.2, 0.25) is 0 Å². The molecule has 4 nitrogen and oxygen atoms in total. The second kappa shape index (κ2) is 6.03. The lowest BCUT2D eigenvalue weighted by molar-refractivity contribution is -0.140. The number of halogens is 3. The number of thiazole rings is 1. The van der Waals surface area contributed by atoms with Gasteiger partial charge < -0.3 is 10.4 Å². The van der Waals surface area contributed by atoms with Gasteiger partial charge in [0.15, 0.2) is 10.8 Å². The highest BCUT2D eigenvalue weighted by atomic mass is 32.1. The van der Waals surface area contributed by atoms with E-state index in [1.54, 1.807) is 0 Å². The molecule has 0 radical (unpaired) electrons. The fourth-order valence-electron chi connectivity index (χ4n) is 1.28. The zero-order valence-corrected chi connectivity index (χ0v) is 10.4. The van der Waals surface area contributed by atoms with Crippen LogP contribution in [-0.2, 0) is 11.0 Å². The van der Waals surface area contributed by atoms with Crippen molar-refractivity contribution in [3.63, 3.8) is 0 Å². The number of hydrogen-bond acceptors (Lipinski definition) is 4. The van der Waals surface area contributed by atoms with Crippen LogP contribution in [0.2, 0.25) is 0 Å². The Labute approximate surface area is 106 Å². The molecule has 0 fully saturated rings. The molecule has 0 aromatic carbocycles.